The van der Waals surface area contributed by atoms with Gasteiger partial charge in [-0.1, -0.05) is 48.2 Å². The molecule has 1 aliphatic heterocycles. The molecule has 0 saturated carbocycles. The zero-order valence-electron chi connectivity index (χ0n) is 18.1. The topological polar surface area (TPSA) is 55.8 Å². The van der Waals surface area contributed by atoms with Crippen molar-refractivity contribution in [2.24, 2.45) is 0 Å². The molecule has 0 saturated heterocycles. The highest BCUT2D eigenvalue weighted by Gasteiger charge is 2.41. The maximum Gasteiger partial charge on any atom is 0.273 e. The van der Waals surface area contributed by atoms with E-state index < -0.39 is 0 Å². The molecule has 5 nitrogen and oxygen atoms in total. The standard InChI is InChI=1S/C26H23NO4S/c1-4-31-19-13-11-18(12-14-19)23-24(32-20-8-6-5-7-9-20)26(29)27(25(23)28)21-16-17(2)10-15-22(21)30-3/h5-16H,4H2,1-3H3. The number of methoxy groups -OCH3 is 1. The Labute approximate surface area is 191 Å². The van der Waals surface area contributed by atoms with Crippen molar-refractivity contribution in [1.29, 1.82) is 0 Å². The summed E-state index contributed by atoms with van der Waals surface area (Å²) in [6.45, 7) is 4.38. The molecule has 0 N–H and O–H groups in total. The van der Waals surface area contributed by atoms with Gasteiger partial charge in [-0.05, 0) is 61.4 Å². The molecular weight excluding hydrogens is 422 g/mol. The maximum absolute atomic E-state index is 13.7. The third-order valence-electron chi connectivity index (χ3n) is 5.03. The highest BCUT2D eigenvalue weighted by molar-refractivity contribution is 8.04. The molecule has 3 aromatic carbocycles. The second kappa shape index (κ2) is 9.32. The molecule has 0 unspecified atom stereocenters. The minimum Gasteiger partial charge on any atom is -0.495 e. The minimum absolute atomic E-state index is 0.364. The fourth-order valence-corrected chi connectivity index (χ4v) is 4.56. The van der Waals surface area contributed by atoms with Gasteiger partial charge in [-0.15, -0.1) is 0 Å². The first kappa shape index (κ1) is 21.7. The Kier molecular flexibility index (Phi) is 6.32. The molecule has 0 bridgehead atoms. The molecule has 32 heavy (non-hydrogen) atoms. The number of imide groups is 1. The zero-order chi connectivity index (χ0) is 22.7. The molecule has 6 heteroatoms. The van der Waals surface area contributed by atoms with Crippen molar-refractivity contribution in [2.75, 3.05) is 18.6 Å². The summed E-state index contributed by atoms with van der Waals surface area (Å²) in [7, 11) is 1.53. The van der Waals surface area contributed by atoms with E-state index in [4.69, 9.17) is 9.47 Å². The quantitative estimate of drug-likeness (QED) is 0.451. The molecule has 1 aliphatic rings. The second-order valence-corrected chi connectivity index (χ2v) is 8.28. The van der Waals surface area contributed by atoms with Gasteiger partial charge in [-0.25, -0.2) is 4.90 Å². The number of carbonyl (C=O) groups excluding carboxylic acids is 2. The number of benzene rings is 3. The van der Waals surface area contributed by atoms with Gasteiger partial charge in [0.2, 0.25) is 0 Å². The summed E-state index contributed by atoms with van der Waals surface area (Å²) in [6, 6.07) is 22.2. The third kappa shape index (κ3) is 4.14. The third-order valence-corrected chi connectivity index (χ3v) is 6.12. The number of hydrogen-bond donors (Lipinski definition) is 0. The van der Waals surface area contributed by atoms with Crippen molar-refractivity contribution in [2.45, 2.75) is 18.7 Å². The fourth-order valence-electron chi connectivity index (χ4n) is 3.54. The van der Waals surface area contributed by atoms with Crippen LogP contribution in [-0.2, 0) is 9.59 Å². The largest absolute Gasteiger partial charge is 0.495 e. The normalized spacial score (nSPS) is 13.7. The Hall–Kier alpha value is -3.51. The number of nitrogens with zero attached hydrogens (tertiary/aromatic N) is 1. The van der Waals surface area contributed by atoms with Crippen LogP contribution >= 0.6 is 11.8 Å². The number of amides is 2. The molecule has 0 aromatic heterocycles. The second-order valence-electron chi connectivity index (χ2n) is 7.20. The Bertz CT molecular complexity index is 1190. The van der Waals surface area contributed by atoms with Gasteiger partial charge in [0.1, 0.15) is 11.5 Å². The van der Waals surface area contributed by atoms with Crippen LogP contribution < -0.4 is 14.4 Å². The lowest BCUT2D eigenvalue weighted by atomic mass is 10.1. The van der Waals surface area contributed by atoms with Crippen molar-refractivity contribution >= 4 is 34.8 Å². The zero-order valence-corrected chi connectivity index (χ0v) is 18.9. The van der Waals surface area contributed by atoms with Crippen LogP contribution in [0.2, 0.25) is 0 Å². The molecule has 4 rings (SSSR count). The van der Waals surface area contributed by atoms with Crippen molar-refractivity contribution in [3.05, 3.63) is 88.8 Å². The van der Waals surface area contributed by atoms with Gasteiger partial charge in [0.25, 0.3) is 11.8 Å². The highest BCUT2D eigenvalue weighted by atomic mass is 32.2. The first-order valence-corrected chi connectivity index (χ1v) is 11.1. The summed E-state index contributed by atoms with van der Waals surface area (Å²) in [6.07, 6.45) is 0. The van der Waals surface area contributed by atoms with Crippen LogP contribution in [0.1, 0.15) is 18.1 Å². The van der Waals surface area contributed by atoms with Crippen LogP contribution in [0.15, 0.2) is 82.6 Å². The maximum atomic E-state index is 13.7. The van der Waals surface area contributed by atoms with Gasteiger partial charge in [0, 0.05) is 4.90 Å². The number of rotatable bonds is 7. The first-order chi connectivity index (χ1) is 15.5. The molecule has 1 heterocycles. The van der Waals surface area contributed by atoms with Crippen LogP contribution in [0.4, 0.5) is 5.69 Å². The number of carbonyl (C=O) groups is 2. The van der Waals surface area contributed by atoms with E-state index in [-0.39, 0.29) is 11.8 Å². The highest BCUT2D eigenvalue weighted by Crippen LogP contribution is 2.43. The van der Waals surface area contributed by atoms with Gasteiger partial charge in [-0.3, -0.25) is 9.59 Å². The SMILES string of the molecule is CCOc1ccc(C2=C(Sc3ccccc3)C(=O)N(c3cc(C)ccc3OC)C2=O)cc1. The molecular formula is C26H23NO4S. The number of anilines is 1. The fraction of sp³-hybridized carbons (Fsp3) is 0.154. The molecule has 162 valence electrons. The lowest BCUT2D eigenvalue weighted by Gasteiger charge is -2.19. The number of ether oxygens (including phenoxy) is 2. The van der Waals surface area contributed by atoms with Gasteiger partial charge in [0.05, 0.1) is 29.9 Å². The van der Waals surface area contributed by atoms with E-state index in [0.717, 1.165) is 10.5 Å². The Morgan fingerprint density at radius 1 is 0.906 bits per heavy atom. The van der Waals surface area contributed by atoms with Gasteiger partial charge in [0.15, 0.2) is 0 Å². The average molecular weight is 446 g/mol. The predicted molar refractivity (Wildman–Crippen MR) is 127 cm³/mol. The van der Waals surface area contributed by atoms with E-state index in [1.807, 2.05) is 74.5 Å². The summed E-state index contributed by atoms with van der Waals surface area (Å²) in [4.78, 5) is 29.7. The molecule has 0 fully saturated rings. The summed E-state index contributed by atoms with van der Waals surface area (Å²) >= 11 is 1.29. The summed E-state index contributed by atoms with van der Waals surface area (Å²) in [5.41, 5.74) is 2.40. The van der Waals surface area contributed by atoms with Crippen molar-refractivity contribution in [3.63, 3.8) is 0 Å². The van der Waals surface area contributed by atoms with Gasteiger partial charge in [-0.2, -0.15) is 0 Å². The van der Waals surface area contributed by atoms with Crippen LogP contribution in [0.3, 0.4) is 0 Å². The average Bonchev–Trinajstić information content (AvgIpc) is 3.04. The lowest BCUT2D eigenvalue weighted by Crippen LogP contribution is -2.31. The molecule has 0 aliphatic carbocycles. The van der Waals surface area contributed by atoms with E-state index in [9.17, 15) is 9.59 Å². The first-order valence-electron chi connectivity index (χ1n) is 10.3. The Morgan fingerprint density at radius 2 is 1.62 bits per heavy atom. The van der Waals surface area contributed by atoms with Crippen molar-refractivity contribution in [1.82, 2.24) is 0 Å². The Balaban J connectivity index is 1.82. The lowest BCUT2D eigenvalue weighted by molar-refractivity contribution is -0.119. The van der Waals surface area contributed by atoms with E-state index >= 15 is 0 Å². The summed E-state index contributed by atoms with van der Waals surface area (Å²) in [5, 5.41) is 0. The van der Waals surface area contributed by atoms with Crippen LogP contribution in [-0.4, -0.2) is 25.5 Å². The molecule has 0 spiro atoms. The van der Waals surface area contributed by atoms with Crippen LogP contribution in [0, 0.1) is 6.92 Å². The monoisotopic (exact) mass is 445 g/mol. The molecule has 3 aromatic rings. The minimum atomic E-state index is -0.374. The Morgan fingerprint density at radius 3 is 2.28 bits per heavy atom. The van der Waals surface area contributed by atoms with Crippen molar-refractivity contribution < 1.29 is 19.1 Å². The number of aryl methyl sites for hydroxylation is 1. The number of hydrogen-bond acceptors (Lipinski definition) is 5. The van der Waals surface area contributed by atoms with E-state index in [1.165, 1.54) is 23.8 Å². The predicted octanol–water partition coefficient (Wildman–Crippen LogP) is 5.48. The van der Waals surface area contributed by atoms with E-state index in [1.54, 1.807) is 12.1 Å². The summed E-state index contributed by atoms with van der Waals surface area (Å²) in [5.74, 6) is 0.440. The summed E-state index contributed by atoms with van der Waals surface area (Å²) < 4.78 is 11.0. The number of thioether (sulfide) groups is 1. The molecule has 0 radical (unpaired) electrons. The molecule has 2 amide bonds. The molecule has 0 atom stereocenters. The smallest absolute Gasteiger partial charge is 0.273 e. The van der Waals surface area contributed by atoms with Gasteiger partial charge >= 0.3 is 0 Å². The van der Waals surface area contributed by atoms with Crippen molar-refractivity contribution in [3.8, 4) is 11.5 Å². The van der Waals surface area contributed by atoms with Gasteiger partial charge < -0.3 is 9.47 Å². The van der Waals surface area contributed by atoms with Crippen LogP contribution in [0.25, 0.3) is 5.57 Å². The van der Waals surface area contributed by atoms with E-state index in [0.29, 0.717) is 39.8 Å². The van der Waals surface area contributed by atoms with E-state index in [2.05, 4.69) is 0 Å². The van der Waals surface area contributed by atoms with Crippen LogP contribution in [0.5, 0.6) is 11.5 Å².